The molecule has 1 aromatic rings. The quantitative estimate of drug-likeness (QED) is 0.854. The Labute approximate surface area is 97.9 Å². The molecular formula is C12H18NO2S. The Hall–Kier alpha value is -0.870. The molecule has 16 heavy (non-hydrogen) atoms. The van der Waals surface area contributed by atoms with E-state index in [0.717, 1.165) is 17.5 Å². The summed E-state index contributed by atoms with van der Waals surface area (Å²) in [5.41, 5.74) is 2.07. The van der Waals surface area contributed by atoms with Crippen molar-refractivity contribution in [3.8, 4) is 0 Å². The van der Waals surface area contributed by atoms with E-state index in [0.29, 0.717) is 6.54 Å². The van der Waals surface area contributed by atoms with E-state index >= 15 is 0 Å². The maximum atomic E-state index is 11.5. The monoisotopic (exact) mass is 240 g/mol. The standard InChI is InChI=1S/C12H18NO2S/c1-4-11-6-5-7-12(8-11)9-13-16(14,15)10(2)3/h5,7-8,10,13H,4,9H2,1-3H3. The summed E-state index contributed by atoms with van der Waals surface area (Å²) in [6.45, 7) is 5.73. The first kappa shape index (κ1) is 13.2. The predicted octanol–water partition coefficient (Wildman–Crippen LogP) is 1.88. The highest BCUT2D eigenvalue weighted by Gasteiger charge is 2.14. The molecule has 0 aliphatic carbocycles. The minimum absolute atomic E-state index is 0.349. The van der Waals surface area contributed by atoms with Crippen LogP contribution in [-0.2, 0) is 23.0 Å². The first-order chi connectivity index (χ1) is 7.45. The number of hydrogen-bond acceptors (Lipinski definition) is 2. The maximum absolute atomic E-state index is 11.5. The molecule has 0 unspecified atom stereocenters. The van der Waals surface area contributed by atoms with Gasteiger partial charge in [-0.15, -0.1) is 0 Å². The molecular weight excluding hydrogens is 222 g/mol. The van der Waals surface area contributed by atoms with Crippen molar-refractivity contribution in [2.24, 2.45) is 0 Å². The third kappa shape index (κ3) is 3.61. The summed E-state index contributed by atoms with van der Waals surface area (Å²) >= 11 is 0. The van der Waals surface area contributed by atoms with Gasteiger partial charge in [0.15, 0.2) is 0 Å². The van der Waals surface area contributed by atoms with Gasteiger partial charge >= 0.3 is 0 Å². The zero-order chi connectivity index (χ0) is 12.2. The molecule has 1 rings (SSSR count). The molecule has 0 spiro atoms. The average Bonchev–Trinajstić information content (AvgIpc) is 2.26. The molecule has 0 heterocycles. The van der Waals surface area contributed by atoms with Gasteiger partial charge in [0.1, 0.15) is 0 Å². The van der Waals surface area contributed by atoms with Gasteiger partial charge in [-0.25, -0.2) is 13.1 Å². The summed E-state index contributed by atoms with van der Waals surface area (Å²) in [5, 5.41) is -0.395. The van der Waals surface area contributed by atoms with Crippen LogP contribution in [0.5, 0.6) is 0 Å². The molecule has 0 aliphatic heterocycles. The maximum Gasteiger partial charge on any atom is 0.214 e. The summed E-state index contributed by atoms with van der Waals surface area (Å²) < 4.78 is 25.7. The van der Waals surface area contributed by atoms with Crippen molar-refractivity contribution in [2.75, 3.05) is 0 Å². The molecule has 0 fully saturated rings. The smallest absolute Gasteiger partial charge is 0.212 e. The van der Waals surface area contributed by atoms with Gasteiger partial charge in [-0.3, -0.25) is 0 Å². The molecule has 1 N–H and O–H groups in total. The van der Waals surface area contributed by atoms with E-state index in [9.17, 15) is 8.42 Å². The zero-order valence-corrected chi connectivity index (χ0v) is 10.8. The van der Waals surface area contributed by atoms with Crippen molar-refractivity contribution in [3.05, 3.63) is 35.4 Å². The summed E-state index contributed by atoms with van der Waals surface area (Å²) in [5.74, 6) is 0. The largest absolute Gasteiger partial charge is 0.214 e. The number of aryl methyl sites for hydroxylation is 1. The van der Waals surface area contributed by atoms with E-state index in [1.54, 1.807) is 13.8 Å². The second-order valence-corrected chi connectivity index (χ2v) is 6.31. The van der Waals surface area contributed by atoms with Crippen LogP contribution in [0.25, 0.3) is 0 Å². The lowest BCUT2D eigenvalue weighted by molar-refractivity contribution is 0.572. The van der Waals surface area contributed by atoms with Gasteiger partial charge in [0, 0.05) is 6.54 Å². The summed E-state index contributed by atoms with van der Waals surface area (Å²) in [4.78, 5) is 0. The van der Waals surface area contributed by atoms with Gasteiger partial charge < -0.3 is 0 Å². The minimum atomic E-state index is -3.18. The topological polar surface area (TPSA) is 46.2 Å². The molecule has 0 amide bonds. The van der Waals surface area contributed by atoms with E-state index in [-0.39, 0.29) is 0 Å². The molecule has 0 saturated carbocycles. The number of nitrogens with one attached hydrogen (secondary N) is 1. The first-order valence-corrected chi connectivity index (χ1v) is 6.98. The molecule has 0 saturated heterocycles. The van der Waals surface area contributed by atoms with E-state index < -0.39 is 15.3 Å². The molecule has 89 valence electrons. The Morgan fingerprint density at radius 2 is 2.12 bits per heavy atom. The lowest BCUT2D eigenvalue weighted by atomic mass is 10.1. The Balaban J connectivity index is 2.68. The summed E-state index contributed by atoms with van der Waals surface area (Å²) in [7, 11) is -3.18. The van der Waals surface area contributed by atoms with Crippen molar-refractivity contribution in [2.45, 2.75) is 39.0 Å². The van der Waals surface area contributed by atoms with E-state index in [1.807, 2.05) is 25.1 Å². The summed E-state index contributed by atoms with van der Waals surface area (Å²) in [6, 6.07) is 8.78. The Bertz CT molecular complexity index is 438. The average molecular weight is 240 g/mol. The predicted molar refractivity (Wildman–Crippen MR) is 65.6 cm³/mol. The van der Waals surface area contributed by atoms with Crippen molar-refractivity contribution in [1.82, 2.24) is 4.72 Å². The van der Waals surface area contributed by atoms with Crippen LogP contribution in [0.1, 0.15) is 31.9 Å². The van der Waals surface area contributed by atoms with Crippen LogP contribution in [0.15, 0.2) is 18.2 Å². The number of sulfonamides is 1. The number of hydrogen-bond donors (Lipinski definition) is 1. The van der Waals surface area contributed by atoms with Crippen molar-refractivity contribution in [3.63, 3.8) is 0 Å². The number of benzene rings is 1. The zero-order valence-electron chi connectivity index (χ0n) is 9.95. The first-order valence-electron chi connectivity index (χ1n) is 5.43. The van der Waals surface area contributed by atoms with Crippen LogP contribution in [0.3, 0.4) is 0 Å². The van der Waals surface area contributed by atoms with Crippen LogP contribution < -0.4 is 4.72 Å². The van der Waals surface area contributed by atoms with Crippen LogP contribution in [0, 0.1) is 6.07 Å². The molecule has 3 nitrogen and oxygen atoms in total. The Morgan fingerprint density at radius 3 is 2.69 bits per heavy atom. The molecule has 4 heteroatoms. The second-order valence-electron chi connectivity index (χ2n) is 3.99. The third-order valence-corrected chi connectivity index (χ3v) is 4.19. The minimum Gasteiger partial charge on any atom is -0.212 e. The van der Waals surface area contributed by atoms with Crippen molar-refractivity contribution in [1.29, 1.82) is 0 Å². The SMILES string of the molecule is CCc1[c]ccc(CNS(=O)(=O)C(C)C)c1. The van der Waals surface area contributed by atoms with Crippen LogP contribution in [0.4, 0.5) is 0 Å². The molecule has 0 aromatic heterocycles. The lowest BCUT2D eigenvalue weighted by Gasteiger charge is -2.09. The van der Waals surface area contributed by atoms with E-state index in [2.05, 4.69) is 10.8 Å². The van der Waals surface area contributed by atoms with Gasteiger partial charge in [-0.1, -0.05) is 25.1 Å². The summed E-state index contributed by atoms with van der Waals surface area (Å²) in [6.07, 6.45) is 0.908. The Kier molecular flexibility index (Phi) is 4.50. The fourth-order valence-corrected chi connectivity index (χ4v) is 1.94. The lowest BCUT2D eigenvalue weighted by Crippen LogP contribution is -2.30. The third-order valence-electron chi connectivity index (χ3n) is 2.40. The van der Waals surface area contributed by atoms with Gasteiger partial charge in [0.2, 0.25) is 10.0 Å². The number of rotatable bonds is 5. The van der Waals surface area contributed by atoms with Crippen LogP contribution in [0.2, 0.25) is 0 Å². The van der Waals surface area contributed by atoms with E-state index in [1.165, 1.54) is 0 Å². The van der Waals surface area contributed by atoms with Crippen molar-refractivity contribution < 1.29 is 8.42 Å². The van der Waals surface area contributed by atoms with Gasteiger partial charge in [0.05, 0.1) is 5.25 Å². The highest BCUT2D eigenvalue weighted by atomic mass is 32.2. The van der Waals surface area contributed by atoms with Gasteiger partial charge in [-0.2, -0.15) is 0 Å². The molecule has 0 bridgehead atoms. The fraction of sp³-hybridized carbons (Fsp3) is 0.500. The molecule has 0 atom stereocenters. The molecule has 0 aliphatic rings. The molecule has 1 aromatic carbocycles. The highest BCUT2D eigenvalue weighted by molar-refractivity contribution is 7.90. The normalized spacial score (nSPS) is 12.0. The fourth-order valence-electron chi connectivity index (χ4n) is 1.23. The Morgan fingerprint density at radius 1 is 1.44 bits per heavy atom. The van der Waals surface area contributed by atoms with Crippen LogP contribution in [-0.4, -0.2) is 13.7 Å². The van der Waals surface area contributed by atoms with Crippen molar-refractivity contribution >= 4 is 10.0 Å². The van der Waals surface area contributed by atoms with Crippen LogP contribution >= 0.6 is 0 Å². The van der Waals surface area contributed by atoms with Gasteiger partial charge in [0.25, 0.3) is 0 Å². The molecule has 1 radical (unpaired) electrons. The van der Waals surface area contributed by atoms with Gasteiger partial charge in [-0.05, 0) is 37.5 Å². The second kappa shape index (κ2) is 5.46. The highest BCUT2D eigenvalue weighted by Crippen LogP contribution is 2.06. The van der Waals surface area contributed by atoms with E-state index in [4.69, 9.17) is 0 Å².